The van der Waals surface area contributed by atoms with E-state index < -0.39 is 0 Å². The molecule has 0 spiro atoms. The quantitative estimate of drug-likeness (QED) is 0.844. The van der Waals surface area contributed by atoms with E-state index in [1.165, 1.54) is 24.8 Å². The molecule has 2 aliphatic carbocycles. The zero-order valence-electron chi connectivity index (χ0n) is 10.4. The zero-order valence-corrected chi connectivity index (χ0v) is 10.4. The SMILES string of the molecule is CNC(c1cc(C)oc1C)C1CC2CC2C1. The second-order valence-corrected chi connectivity index (χ2v) is 5.62. The number of rotatable bonds is 3. The number of hydrogen-bond donors (Lipinski definition) is 1. The van der Waals surface area contributed by atoms with E-state index >= 15 is 0 Å². The molecule has 3 rings (SSSR count). The maximum absolute atomic E-state index is 5.65. The standard InChI is InChI=1S/C14H21NO/c1-8-4-13(9(2)16-8)14(15-3)12-6-10-5-11(10)7-12/h4,10-12,14-15H,5-7H2,1-3H3. The van der Waals surface area contributed by atoms with Gasteiger partial charge in [-0.15, -0.1) is 0 Å². The van der Waals surface area contributed by atoms with E-state index in [0.717, 1.165) is 29.3 Å². The molecule has 16 heavy (non-hydrogen) atoms. The molecule has 1 aromatic heterocycles. The van der Waals surface area contributed by atoms with Crippen LogP contribution in [0.1, 0.15) is 42.4 Å². The number of aryl methyl sites for hydroxylation is 2. The van der Waals surface area contributed by atoms with Crippen molar-refractivity contribution in [3.8, 4) is 0 Å². The van der Waals surface area contributed by atoms with E-state index in [-0.39, 0.29) is 0 Å². The first-order valence-electron chi connectivity index (χ1n) is 6.43. The molecule has 0 radical (unpaired) electrons. The van der Waals surface area contributed by atoms with Gasteiger partial charge in [0.15, 0.2) is 0 Å². The Bertz CT molecular complexity index is 385. The van der Waals surface area contributed by atoms with Gasteiger partial charge in [-0.3, -0.25) is 0 Å². The molecule has 2 nitrogen and oxygen atoms in total. The van der Waals surface area contributed by atoms with Gasteiger partial charge >= 0.3 is 0 Å². The fraction of sp³-hybridized carbons (Fsp3) is 0.714. The second kappa shape index (κ2) is 3.63. The van der Waals surface area contributed by atoms with Crippen LogP contribution in [0.2, 0.25) is 0 Å². The van der Waals surface area contributed by atoms with Gasteiger partial charge in [0, 0.05) is 11.6 Å². The molecule has 3 unspecified atom stereocenters. The van der Waals surface area contributed by atoms with Crippen molar-refractivity contribution in [2.75, 3.05) is 7.05 Å². The Balaban J connectivity index is 1.82. The lowest BCUT2D eigenvalue weighted by atomic mass is 9.89. The van der Waals surface area contributed by atoms with Gasteiger partial charge in [-0.05, 0) is 64.0 Å². The van der Waals surface area contributed by atoms with Crippen molar-refractivity contribution in [3.63, 3.8) is 0 Å². The first-order chi connectivity index (χ1) is 7.69. The zero-order chi connectivity index (χ0) is 11.3. The Morgan fingerprint density at radius 2 is 1.94 bits per heavy atom. The lowest BCUT2D eigenvalue weighted by Crippen LogP contribution is -2.24. The fourth-order valence-electron chi connectivity index (χ4n) is 3.64. The van der Waals surface area contributed by atoms with Gasteiger partial charge in [0.05, 0.1) is 0 Å². The van der Waals surface area contributed by atoms with Crippen LogP contribution in [0.5, 0.6) is 0 Å². The molecule has 2 saturated carbocycles. The summed E-state index contributed by atoms with van der Waals surface area (Å²) in [6.07, 6.45) is 4.33. The first kappa shape index (κ1) is 10.4. The molecular formula is C14H21NO. The molecule has 2 heteroatoms. The predicted molar refractivity (Wildman–Crippen MR) is 64.3 cm³/mol. The fourth-order valence-corrected chi connectivity index (χ4v) is 3.64. The normalized spacial score (nSPS) is 33.8. The van der Waals surface area contributed by atoms with Crippen molar-refractivity contribution >= 4 is 0 Å². The largest absolute Gasteiger partial charge is 0.466 e. The highest BCUT2D eigenvalue weighted by atomic mass is 16.3. The molecular weight excluding hydrogens is 198 g/mol. The third kappa shape index (κ3) is 1.60. The lowest BCUT2D eigenvalue weighted by molar-refractivity contribution is 0.354. The molecule has 0 saturated heterocycles. The molecule has 2 aliphatic rings. The summed E-state index contributed by atoms with van der Waals surface area (Å²) in [5.74, 6) is 5.06. The maximum Gasteiger partial charge on any atom is 0.105 e. The highest BCUT2D eigenvalue weighted by molar-refractivity contribution is 5.25. The summed E-state index contributed by atoms with van der Waals surface area (Å²) in [5.41, 5.74) is 1.38. The topological polar surface area (TPSA) is 25.2 Å². The van der Waals surface area contributed by atoms with Crippen LogP contribution in [0.25, 0.3) is 0 Å². The van der Waals surface area contributed by atoms with Gasteiger partial charge in [-0.25, -0.2) is 0 Å². The van der Waals surface area contributed by atoms with Crippen molar-refractivity contribution < 1.29 is 4.42 Å². The molecule has 1 heterocycles. The monoisotopic (exact) mass is 219 g/mol. The summed E-state index contributed by atoms with van der Waals surface area (Å²) >= 11 is 0. The Labute approximate surface area is 97.4 Å². The summed E-state index contributed by atoms with van der Waals surface area (Å²) in [4.78, 5) is 0. The summed E-state index contributed by atoms with van der Waals surface area (Å²) < 4.78 is 5.65. The summed E-state index contributed by atoms with van der Waals surface area (Å²) in [7, 11) is 2.08. The Kier molecular flexibility index (Phi) is 2.36. The van der Waals surface area contributed by atoms with Gasteiger partial charge < -0.3 is 9.73 Å². The van der Waals surface area contributed by atoms with Crippen molar-refractivity contribution in [1.82, 2.24) is 5.32 Å². The van der Waals surface area contributed by atoms with Gasteiger partial charge in [0.2, 0.25) is 0 Å². The Morgan fingerprint density at radius 3 is 2.44 bits per heavy atom. The number of furan rings is 1. The average molecular weight is 219 g/mol. The van der Waals surface area contributed by atoms with Crippen LogP contribution in [0.4, 0.5) is 0 Å². The highest BCUT2D eigenvalue weighted by Gasteiger charge is 2.48. The summed E-state index contributed by atoms with van der Waals surface area (Å²) in [6, 6.07) is 2.71. The summed E-state index contributed by atoms with van der Waals surface area (Å²) in [6.45, 7) is 4.12. The molecule has 0 amide bonds. The minimum atomic E-state index is 0.505. The average Bonchev–Trinajstić information content (AvgIpc) is 2.70. The lowest BCUT2D eigenvalue weighted by Gasteiger charge is -2.24. The minimum Gasteiger partial charge on any atom is -0.466 e. The van der Waals surface area contributed by atoms with E-state index in [9.17, 15) is 0 Å². The minimum absolute atomic E-state index is 0.505. The first-order valence-corrected chi connectivity index (χ1v) is 6.43. The van der Waals surface area contributed by atoms with Crippen molar-refractivity contribution in [2.45, 2.75) is 39.2 Å². The molecule has 88 valence electrons. The van der Waals surface area contributed by atoms with Crippen LogP contribution in [-0.2, 0) is 0 Å². The molecule has 2 fully saturated rings. The van der Waals surface area contributed by atoms with Crippen molar-refractivity contribution in [3.05, 3.63) is 23.2 Å². The maximum atomic E-state index is 5.65. The van der Waals surface area contributed by atoms with Gasteiger partial charge in [-0.2, -0.15) is 0 Å². The Hall–Kier alpha value is -0.760. The van der Waals surface area contributed by atoms with E-state index in [1.54, 1.807) is 0 Å². The van der Waals surface area contributed by atoms with E-state index in [2.05, 4.69) is 25.4 Å². The van der Waals surface area contributed by atoms with E-state index in [0.29, 0.717) is 6.04 Å². The second-order valence-electron chi connectivity index (χ2n) is 5.62. The van der Waals surface area contributed by atoms with Gasteiger partial charge in [0.25, 0.3) is 0 Å². The van der Waals surface area contributed by atoms with E-state index in [1.807, 2.05) is 6.92 Å². The van der Waals surface area contributed by atoms with Crippen LogP contribution in [0.15, 0.2) is 10.5 Å². The predicted octanol–water partition coefficient (Wildman–Crippen LogP) is 3.20. The number of nitrogens with one attached hydrogen (secondary N) is 1. The summed E-state index contributed by atoms with van der Waals surface area (Å²) in [5, 5.41) is 3.50. The third-order valence-corrected chi connectivity index (χ3v) is 4.48. The van der Waals surface area contributed by atoms with Gasteiger partial charge in [-0.1, -0.05) is 0 Å². The molecule has 0 aromatic carbocycles. The van der Waals surface area contributed by atoms with Crippen molar-refractivity contribution in [1.29, 1.82) is 0 Å². The molecule has 1 N–H and O–H groups in total. The highest BCUT2D eigenvalue weighted by Crippen LogP contribution is 2.57. The van der Waals surface area contributed by atoms with Crippen LogP contribution in [0, 0.1) is 31.6 Å². The smallest absolute Gasteiger partial charge is 0.105 e. The molecule has 3 atom stereocenters. The Morgan fingerprint density at radius 1 is 1.25 bits per heavy atom. The van der Waals surface area contributed by atoms with Crippen LogP contribution in [-0.4, -0.2) is 7.05 Å². The van der Waals surface area contributed by atoms with Crippen molar-refractivity contribution in [2.24, 2.45) is 17.8 Å². The van der Waals surface area contributed by atoms with Crippen LogP contribution >= 0.6 is 0 Å². The molecule has 0 aliphatic heterocycles. The number of hydrogen-bond acceptors (Lipinski definition) is 2. The van der Waals surface area contributed by atoms with Gasteiger partial charge in [0.1, 0.15) is 11.5 Å². The third-order valence-electron chi connectivity index (χ3n) is 4.48. The van der Waals surface area contributed by atoms with Crippen LogP contribution in [0.3, 0.4) is 0 Å². The van der Waals surface area contributed by atoms with Crippen LogP contribution < -0.4 is 5.32 Å². The van der Waals surface area contributed by atoms with E-state index in [4.69, 9.17) is 4.42 Å². The molecule has 0 bridgehead atoms. The molecule has 1 aromatic rings. The number of fused-ring (bicyclic) bond motifs is 1.